The summed E-state index contributed by atoms with van der Waals surface area (Å²) in [6, 6.07) is 118. The van der Waals surface area contributed by atoms with Crippen LogP contribution in [0, 0.1) is 6.33 Å². The topological polar surface area (TPSA) is 40.3 Å². The van der Waals surface area contributed by atoms with Gasteiger partial charge in [0.2, 0.25) is 0 Å². The highest BCUT2D eigenvalue weighted by Gasteiger charge is 2.28. The Morgan fingerprint density at radius 3 is 1.51 bits per heavy atom. The Hall–Kier alpha value is -12.9. The fourth-order valence-corrected chi connectivity index (χ4v) is 16.2. The van der Waals surface area contributed by atoms with Gasteiger partial charge in [-0.2, -0.15) is 0 Å². The lowest BCUT2D eigenvalue weighted by atomic mass is 9.87. The summed E-state index contributed by atoms with van der Waals surface area (Å²) in [6.45, 7) is 6.81. The molecule has 19 aromatic rings. The van der Waals surface area contributed by atoms with Crippen molar-refractivity contribution in [2.45, 2.75) is 26.2 Å². The van der Waals surface area contributed by atoms with Crippen molar-refractivity contribution in [3.63, 3.8) is 0 Å². The molecule has 470 valence electrons. The third-order valence-corrected chi connectivity index (χ3v) is 20.8. The molecule has 0 amide bonds. The monoisotopic (exact) mass is 1280 g/mol. The second-order valence-corrected chi connectivity index (χ2v) is 27.6. The molecule has 0 radical (unpaired) electrons. The Labute approximate surface area is 578 Å². The summed E-state index contributed by atoms with van der Waals surface area (Å²) in [6.07, 6.45) is 6.03. The molecule has 6 heteroatoms. The number of rotatable bonds is 7. The molecule has 0 saturated carbocycles. The normalized spacial score (nSPS) is 12.2. The maximum Gasteiger partial charge on any atom is 0.269 e. The molecule has 0 bridgehead atoms. The van der Waals surface area contributed by atoms with E-state index in [0.717, 1.165) is 127 Å². The van der Waals surface area contributed by atoms with Crippen molar-refractivity contribution in [2.24, 2.45) is 0 Å². The predicted molar refractivity (Wildman–Crippen MR) is 414 cm³/mol. The molecule has 6 heterocycles. The maximum absolute atomic E-state index is 7.24. The molecule has 1 aliphatic heterocycles. The molecule has 1 aliphatic rings. The quantitative estimate of drug-likeness (QED) is 0.118. The van der Waals surface area contributed by atoms with E-state index in [9.17, 15) is 0 Å². The van der Waals surface area contributed by atoms with Gasteiger partial charge in [-0.15, -0.1) is 0 Å². The molecule has 6 nitrogen and oxygen atoms in total. The molecule has 0 aliphatic carbocycles. The van der Waals surface area contributed by atoms with Crippen LogP contribution in [-0.2, 0) is 5.41 Å². The molecular weight excluding hydrogens is 1220 g/mol. The number of hydrogen-bond donors (Lipinski definition) is 0. The van der Waals surface area contributed by atoms with Crippen molar-refractivity contribution in [1.29, 1.82) is 0 Å². The van der Waals surface area contributed by atoms with Crippen molar-refractivity contribution >= 4 is 92.5 Å². The molecule has 14 aromatic carbocycles. The zero-order chi connectivity index (χ0) is 66.3. The van der Waals surface area contributed by atoms with Gasteiger partial charge in [0, 0.05) is 44.6 Å². The molecule has 100 heavy (non-hydrogen) atoms. The van der Waals surface area contributed by atoms with Crippen molar-refractivity contribution in [3.8, 4) is 95.5 Å². The molecule has 5 aromatic heterocycles. The van der Waals surface area contributed by atoms with Crippen LogP contribution in [0.25, 0.3) is 176 Å². The van der Waals surface area contributed by atoms with Crippen LogP contribution in [0.1, 0.15) is 26.3 Å². The Morgan fingerprint density at radius 1 is 0.330 bits per heavy atom. The van der Waals surface area contributed by atoms with E-state index >= 15 is 0 Å². The zero-order valence-electron chi connectivity index (χ0n) is 55.3. The van der Waals surface area contributed by atoms with Gasteiger partial charge in [-0.1, -0.05) is 257 Å². The number of nitrogens with zero attached hydrogens (tertiary/aromatic N) is 5. The largest absolute Gasteiger partial charge is 0.458 e. The first-order valence-corrected chi connectivity index (χ1v) is 34.4. The zero-order valence-corrected chi connectivity index (χ0v) is 55.3. The van der Waals surface area contributed by atoms with Crippen molar-refractivity contribution in [1.82, 2.24) is 18.5 Å². The maximum atomic E-state index is 7.24. The molecular formula is C94H63N5O. The van der Waals surface area contributed by atoms with Crippen molar-refractivity contribution in [2.75, 3.05) is 0 Å². The Morgan fingerprint density at radius 2 is 0.810 bits per heavy atom. The molecule has 0 atom stereocenters. The van der Waals surface area contributed by atoms with E-state index < -0.39 is 0 Å². The van der Waals surface area contributed by atoms with Crippen LogP contribution in [0.5, 0.6) is 11.5 Å². The second kappa shape index (κ2) is 22.3. The van der Waals surface area contributed by atoms with E-state index in [4.69, 9.17) is 9.72 Å². The van der Waals surface area contributed by atoms with Crippen molar-refractivity contribution in [3.05, 3.63) is 340 Å². The average Bonchev–Trinajstić information content (AvgIpc) is 1.54. The Bertz CT molecular complexity index is 6610. The number of fused-ring (bicyclic) bond motifs is 20. The van der Waals surface area contributed by atoms with Crippen LogP contribution in [0.15, 0.2) is 328 Å². The van der Waals surface area contributed by atoms with Crippen LogP contribution < -0.4 is 9.30 Å². The van der Waals surface area contributed by atoms with Crippen LogP contribution >= 0.6 is 0 Å². The van der Waals surface area contributed by atoms with Gasteiger partial charge in [0.25, 0.3) is 6.33 Å². The Balaban J connectivity index is 0.800. The highest BCUT2D eigenvalue weighted by atomic mass is 16.5. The van der Waals surface area contributed by atoms with E-state index in [1.54, 1.807) is 0 Å². The summed E-state index contributed by atoms with van der Waals surface area (Å²) < 4.78 is 16.7. The van der Waals surface area contributed by atoms with Gasteiger partial charge in [0.1, 0.15) is 17.3 Å². The van der Waals surface area contributed by atoms with Crippen LogP contribution in [-0.4, -0.2) is 18.5 Å². The number of ether oxygens (including phenoxy) is 1. The fourth-order valence-electron chi connectivity index (χ4n) is 16.2. The molecule has 0 unspecified atom stereocenters. The number of imidazole rings is 1. The summed E-state index contributed by atoms with van der Waals surface area (Å²) in [5.74, 6) is 2.23. The average molecular weight is 1280 g/mol. The summed E-state index contributed by atoms with van der Waals surface area (Å²) >= 11 is 0. The first-order valence-electron chi connectivity index (χ1n) is 34.4. The number of benzene rings is 14. The minimum absolute atomic E-state index is 0.134. The van der Waals surface area contributed by atoms with Crippen molar-refractivity contribution < 1.29 is 9.30 Å². The first kappa shape index (κ1) is 57.4. The van der Waals surface area contributed by atoms with E-state index in [-0.39, 0.29) is 5.41 Å². The molecule has 0 N–H and O–H groups in total. The Kier molecular flexibility index (Phi) is 12.8. The van der Waals surface area contributed by atoms with Gasteiger partial charge in [-0.05, 0) is 178 Å². The lowest BCUT2D eigenvalue weighted by molar-refractivity contribution is -0.570. The van der Waals surface area contributed by atoms with Gasteiger partial charge in [0.05, 0.1) is 50.0 Å². The number of hydrogen-bond acceptors (Lipinski definition) is 2. The predicted octanol–water partition coefficient (Wildman–Crippen LogP) is 24.2. The van der Waals surface area contributed by atoms with E-state index in [2.05, 4.69) is 367 Å². The second-order valence-electron chi connectivity index (χ2n) is 27.6. The number of para-hydroxylation sites is 4. The highest BCUT2D eigenvalue weighted by molar-refractivity contribution is 6.27. The van der Waals surface area contributed by atoms with E-state index in [1.165, 1.54) is 54.5 Å². The van der Waals surface area contributed by atoms with Crippen LogP contribution in [0.2, 0.25) is 0 Å². The van der Waals surface area contributed by atoms with E-state index in [0.29, 0.717) is 11.5 Å². The summed E-state index contributed by atoms with van der Waals surface area (Å²) in [7, 11) is 0. The molecule has 0 spiro atoms. The van der Waals surface area contributed by atoms with Crippen LogP contribution in [0.3, 0.4) is 0 Å². The van der Waals surface area contributed by atoms with Gasteiger partial charge >= 0.3 is 0 Å². The smallest absolute Gasteiger partial charge is 0.269 e. The number of pyridine rings is 1. The molecule has 20 rings (SSSR count). The minimum atomic E-state index is -0.134. The van der Waals surface area contributed by atoms with E-state index in [1.807, 2.05) is 6.20 Å². The van der Waals surface area contributed by atoms with Gasteiger partial charge in [0.15, 0.2) is 0 Å². The van der Waals surface area contributed by atoms with Gasteiger partial charge in [-0.25, -0.2) is 4.98 Å². The van der Waals surface area contributed by atoms with Crippen LogP contribution in [0.4, 0.5) is 0 Å². The third kappa shape index (κ3) is 8.97. The third-order valence-electron chi connectivity index (χ3n) is 20.8. The SMILES string of the molecule is CC(C)(C)c1ccnc(-n2c3cc(Oc4cccc(-n5[c-][n+]6c7c(cccc75)-c5ccccc5-c5ccccc5-c5cccc(-c7cc(-c8ccccc8)cc(-c8ccccc8)c7)c5-6)c4)ccc3c3cc4c(cc32)c2ccccc2c2ccccc2c2cccc3c5ccccc5n4c23)c1. The molecule has 0 fully saturated rings. The van der Waals surface area contributed by atoms with Gasteiger partial charge in [-0.3, -0.25) is 13.7 Å². The number of aromatic nitrogens is 5. The summed E-state index contributed by atoms with van der Waals surface area (Å²) in [5, 5.41) is 11.7. The van der Waals surface area contributed by atoms with Gasteiger partial charge < -0.3 is 9.14 Å². The first-order chi connectivity index (χ1) is 49.2. The highest BCUT2D eigenvalue weighted by Crippen LogP contribution is 2.48. The lowest BCUT2D eigenvalue weighted by Gasteiger charge is -2.20. The summed E-state index contributed by atoms with van der Waals surface area (Å²) in [4.78, 5) is 5.25. The molecule has 0 saturated heterocycles. The standard InChI is InChI=1S/C94H63N5O/c1-94(2,3)64-48-49-95-90(53-64)98-87-55-67(46-47-78(87)84-57-89-83(56-88(84)98)76-37-17-13-33-72(76)71-32-11-15-35-74(71)80-41-22-42-82-77-38-18-19-44-85(77)99(89)92(80)82)100-66-29-20-28-65(54-66)96-58-97-91-68(63-51-61(59-24-6-4-7-25-59)50-62(52-63)60-26-8-5-9-27-60)39-21-40-79(91)73-34-14-10-30-69(73)70-31-12-16-36-75(70)81-43-23-45-86(96)93(81)97/h4-57H,1-3H3. The minimum Gasteiger partial charge on any atom is -0.458 e. The lowest BCUT2D eigenvalue weighted by Crippen LogP contribution is -2.32. The summed E-state index contributed by atoms with van der Waals surface area (Å²) in [5.41, 5.74) is 24.2. The fraction of sp³-hybridized carbons (Fsp3) is 0.0426.